The number of nitro groups is 3. The van der Waals surface area contributed by atoms with Gasteiger partial charge in [-0.25, -0.2) is 8.42 Å². The Kier molecular flexibility index (Phi) is 9.28. The van der Waals surface area contributed by atoms with E-state index in [9.17, 15) is 48.3 Å². The molecule has 4 rings (SSSR count). The topological polar surface area (TPSA) is 207 Å². The van der Waals surface area contributed by atoms with E-state index in [0.717, 1.165) is 37.1 Å². The van der Waals surface area contributed by atoms with Crippen LogP contribution in [0.2, 0.25) is 0 Å². The van der Waals surface area contributed by atoms with Crippen LogP contribution in [0.25, 0.3) is 11.1 Å². The van der Waals surface area contributed by atoms with Crippen LogP contribution in [0.3, 0.4) is 0 Å². The number of ketones is 1. The van der Waals surface area contributed by atoms with Crippen molar-refractivity contribution in [2.24, 2.45) is 0 Å². The van der Waals surface area contributed by atoms with Crippen LogP contribution < -0.4 is 0 Å². The van der Waals surface area contributed by atoms with Crippen LogP contribution in [0.4, 0.5) is 17.1 Å². The van der Waals surface area contributed by atoms with Gasteiger partial charge >= 0.3 is 5.97 Å². The SMILES string of the molecule is O=C(CCCCC1CCSS1)OCCCS(=O)(=O)c1cc2c(c([N+](=O)[O-])c1)-c1c(cc([N+](=O)[O-])cc1[N+](=O)[O-])C2=O. The number of carbonyl (C=O) groups excluding carboxylic acids is 2. The van der Waals surface area contributed by atoms with Crippen LogP contribution in [0.15, 0.2) is 29.2 Å². The molecule has 0 bridgehead atoms. The fourth-order valence-electron chi connectivity index (χ4n) is 4.65. The minimum atomic E-state index is -4.22. The van der Waals surface area contributed by atoms with Gasteiger partial charge in [-0.1, -0.05) is 28.0 Å². The summed E-state index contributed by atoms with van der Waals surface area (Å²) >= 11 is 0. The van der Waals surface area contributed by atoms with Gasteiger partial charge in [-0.05, 0) is 31.7 Å². The zero-order valence-electron chi connectivity index (χ0n) is 21.3. The summed E-state index contributed by atoms with van der Waals surface area (Å²) in [6, 6.07) is 2.94. The smallest absolute Gasteiger partial charge is 0.305 e. The highest BCUT2D eigenvalue weighted by molar-refractivity contribution is 8.77. The first-order valence-corrected chi connectivity index (χ1v) is 16.4. The number of carbonyl (C=O) groups is 2. The molecule has 0 radical (unpaired) electrons. The Hall–Kier alpha value is -3.57. The normalized spacial score (nSPS) is 15.8. The number of hydrogen-bond donors (Lipinski definition) is 0. The Balaban J connectivity index is 1.47. The first-order valence-electron chi connectivity index (χ1n) is 12.4. The minimum absolute atomic E-state index is 0.110. The number of unbranched alkanes of at least 4 members (excludes halogenated alkanes) is 1. The van der Waals surface area contributed by atoms with Crippen molar-refractivity contribution in [3.63, 3.8) is 0 Å². The summed E-state index contributed by atoms with van der Waals surface area (Å²) in [6.07, 6.45) is 3.83. The van der Waals surface area contributed by atoms with Gasteiger partial charge in [-0.15, -0.1) is 0 Å². The van der Waals surface area contributed by atoms with E-state index in [2.05, 4.69) is 0 Å². The maximum atomic E-state index is 13.1. The molecule has 2 aliphatic rings. The van der Waals surface area contributed by atoms with Crippen molar-refractivity contribution in [3.8, 4) is 11.1 Å². The second-order valence-corrected chi connectivity index (χ2v) is 14.2. The van der Waals surface area contributed by atoms with Gasteiger partial charge in [0, 0.05) is 40.7 Å². The first-order chi connectivity index (χ1) is 19.4. The van der Waals surface area contributed by atoms with Crippen molar-refractivity contribution in [1.29, 1.82) is 0 Å². The van der Waals surface area contributed by atoms with E-state index in [1.807, 2.05) is 21.6 Å². The van der Waals surface area contributed by atoms with Crippen LogP contribution in [0.1, 0.15) is 54.4 Å². The van der Waals surface area contributed by atoms with Crippen molar-refractivity contribution in [2.45, 2.75) is 48.7 Å². The molecule has 0 aromatic heterocycles. The van der Waals surface area contributed by atoms with Crippen LogP contribution in [0, 0.1) is 30.3 Å². The number of sulfone groups is 1. The fourth-order valence-corrected chi connectivity index (χ4v) is 9.00. The molecular weight excluding hydrogens is 602 g/mol. The highest BCUT2D eigenvalue weighted by atomic mass is 33.1. The lowest BCUT2D eigenvalue weighted by Gasteiger charge is -2.09. The summed E-state index contributed by atoms with van der Waals surface area (Å²) in [7, 11) is -0.508. The molecule has 0 saturated carbocycles. The second-order valence-electron chi connectivity index (χ2n) is 9.32. The van der Waals surface area contributed by atoms with Gasteiger partial charge < -0.3 is 4.74 Å². The number of non-ortho nitro benzene ring substituents is 1. The molecule has 41 heavy (non-hydrogen) atoms. The Morgan fingerprint density at radius 2 is 1.59 bits per heavy atom. The number of nitrogens with zero attached hydrogens (tertiary/aromatic N) is 3. The van der Waals surface area contributed by atoms with E-state index in [0.29, 0.717) is 23.8 Å². The third-order valence-electron chi connectivity index (χ3n) is 6.60. The monoisotopic (exact) mass is 625 g/mol. The summed E-state index contributed by atoms with van der Waals surface area (Å²) in [6.45, 7) is -0.194. The van der Waals surface area contributed by atoms with E-state index >= 15 is 0 Å². The van der Waals surface area contributed by atoms with Crippen LogP contribution >= 0.6 is 21.6 Å². The second kappa shape index (κ2) is 12.5. The van der Waals surface area contributed by atoms with E-state index in [1.54, 1.807) is 0 Å². The van der Waals surface area contributed by atoms with E-state index in [4.69, 9.17) is 4.74 Å². The van der Waals surface area contributed by atoms with Gasteiger partial charge in [0.1, 0.15) is 0 Å². The zero-order valence-corrected chi connectivity index (χ0v) is 23.8. The molecule has 1 heterocycles. The van der Waals surface area contributed by atoms with E-state index < -0.39 is 86.3 Å². The zero-order chi connectivity index (χ0) is 29.9. The number of ether oxygens (including phenoxy) is 1. The van der Waals surface area contributed by atoms with Gasteiger partial charge in [-0.3, -0.25) is 39.9 Å². The van der Waals surface area contributed by atoms with Crippen molar-refractivity contribution in [2.75, 3.05) is 18.1 Å². The Labute approximate surface area is 241 Å². The lowest BCUT2D eigenvalue weighted by molar-refractivity contribution is -0.394. The Bertz CT molecular complexity index is 1550. The molecule has 1 aliphatic carbocycles. The van der Waals surface area contributed by atoms with Gasteiger partial charge in [0.2, 0.25) is 0 Å². The maximum absolute atomic E-state index is 13.1. The molecule has 1 aliphatic heterocycles. The number of fused-ring (bicyclic) bond motifs is 3. The third kappa shape index (κ3) is 6.68. The van der Waals surface area contributed by atoms with E-state index in [-0.39, 0.29) is 19.4 Å². The summed E-state index contributed by atoms with van der Waals surface area (Å²) in [5, 5.41) is 35.4. The molecular formula is C24H23N3O11S3. The highest BCUT2D eigenvalue weighted by Crippen LogP contribution is 2.49. The molecule has 1 atom stereocenters. The quantitative estimate of drug-likeness (QED) is 0.0802. The Morgan fingerprint density at radius 1 is 0.927 bits per heavy atom. The predicted molar refractivity (Wildman–Crippen MR) is 150 cm³/mol. The summed E-state index contributed by atoms with van der Waals surface area (Å²) in [5.41, 5.74) is -4.49. The number of nitro benzene ring substituents is 3. The van der Waals surface area contributed by atoms with E-state index in [1.165, 1.54) is 0 Å². The lowest BCUT2D eigenvalue weighted by atomic mass is 10.0. The van der Waals surface area contributed by atoms with Crippen molar-refractivity contribution in [3.05, 3.63) is 65.7 Å². The van der Waals surface area contributed by atoms with Crippen LogP contribution in [0.5, 0.6) is 0 Å². The highest BCUT2D eigenvalue weighted by Gasteiger charge is 2.42. The molecule has 1 saturated heterocycles. The lowest BCUT2D eigenvalue weighted by Crippen LogP contribution is -2.13. The average Bonchev–Trinajstić information content (AvgIpc) is 3.54. The average molecular weight is 626 g/mol. The molecule has 0 spiro atoms. The fraction of sp³-hybridized carbons (Fsp3) is 0.417. The van der Waals surface area contributed by atoms with Gasteiger partial charge in [0.05, 0.1) is 49.2 Å². The third-order valence-corrected chi connectivity index (χ3v) is 11.4. The molecule has 0 N–H and O–H groups in total. The molecule has 0 amide bonds. The molecule has 14 nitrogen and oxygen atoms in total. The van der Waals surface area contributed by atoms with Gasteiger partial charge in [-0.2, -0.15) is 0 Å². The maximum Gasteiger partial charge on any atom is 0.305 e. The molecule has 218 valence electrons. The number of rotatable bonds is 13. The van der Waals surface area contributed by atoms with Crippen molar-refractivity contribution >= 4 is 60.2 Å². The first kappa shape index (κ1) is 30.4. The number of esters is 1. The largest absolute Gasteiger partial charge is 0.466 e. The molecule has 1 unspecified atom stereocenters. The summed E-state index contributed by atoms with van der Waals surface area (Å²) in [5.74, 6) is -0.889. The van der Waals surface area contributed by atoms with Crippen molar-refractivity contribution < 1.29 is 37.5 Å². The molecule has 2 aromatic rings. The van der Waals surface area contributed by atoms with Crippen LogP contribution in [-0.4, -0.2) is 58.3 Å². The standard InChI is InChI=1S/C24H23N3O11S3/c28-21(5-2-1-4-15-6-8-39-40-15)38-7-3-9-41(36,37)16-12-18-23(20(13-16)27(34)35)22-17(24(18)29)10-14(25(30)31)11-19(22)26(32)33/h10-13,15H,1-9H2. The molecule has 17 heteroatoms. The number of benzene rings is 2. The van der Waals surface area contributed by atoms with Gasteiger partial charge in [0.15, 0.2) is 15.6 Å². The number of hydrogen-bond acceptors (Lipinski definition) is 13. The summed E-state index contributed by atoms with van der Waals surface area (Å²) < 4.78 is 31.1. The molecule has 1 fully saturated rings. The Morgan fingerprint density at radius 3 is 2.20 bits per heavy atom. The molecule has 2 aromatic carbocycles. The van der Waals surface area contributed by atoms with Crippen molar-refractivity contribution in [1.82, 2.24) is 0 Å². The minimum Gasteiger partial charge on any atom is -0.466 e. The van der Waals surface area contributed by atoms with Crippen LogP contribution in [-0.2, 0) is 19.4 Å². The van der Waals surface area contributed by atoms with Gasteiger partial charge in [0.25, 0.3) is 17.1 Å². The predicted octanol–water partition coefficient (Wildman–Crippen LogP) is 5.04. The summed E-state index contributed by atoms with van der Waals surface area (Å²) in [4.78, 5) is 56.4.